The van der Waals surface area contributed by atoms with E-state index >= 15 is 0 Å². The number of benzene rings is 1. The zero-order chi connectivity index (χ0) is 20.4. The predicted molar refractivity (Wildman–Crippen MR) is 113 cm³/mol. The average molecular weight is 399 g/mol. The summed E-state index contributed by atoms with van der Waals surface area (Å²) in [6.07, 6.45) is 6.56. The lowest BCUT2D eigenvalue weighted by Gasteiger charge is -2.56. The quantitative estimate of drug-likeness (QED) is 0.735. The van der Waals surface area contributed by atoms with Crippen molar-refractivity contribution in [1.82, 2.24) is 9.80 Å². The van der Waals surface area contributed by atoms with Crippen LogP contribution in [-0.2, 0) is 16.0 Å². The zero-order valence-corrected chi connectivity index (χ0v) is 17.8. The number of amides is 2. The van der Waals surface area contributed by atoms with Crippen molar-refractivity contribution in [3.8, 4) is 5.75 Å². The summed E-state index contributed by atoms with van der Waals surface area (Å²) in [7, 11) is 0. The van der Waals surface area contributed by atoms with E-state index in [2.05, 4.69) is 16.7 Å². The van der Waals surface area contributed by atoms with E-state index in [-0.39, 0.29) is 5.91 Å². The highest BCUT2D eigenvalue weighted by atomic mass is 16.5. The summed E-state index contributed by atoms with van der Waals surface area (Å²) < 4.78 is 5.50. The number of rotatable bonds is 6. The third-order valence-corrected chi connectivity index (χ3v) is 7.02. The van der Waals surface area contributed by atoms with E-state index < -0.39 is 0 Å². The molecular weight excluding hydrogens is 364 g/mol. The van der Waals surface area contributed by atoms with Crippen LogP contribution in [0.25, 0.3) is 0 Å². The first-order valence-corrected chi connectivity index (χ1v) is 11.4. The van der Waals surface area contributed by atoms with Crippen LogP contribution in [0.15, 0.2) is 24.3 Å². The largest absolute Gasteiger partial charge is 0.494 e. The average Bonchev–Trinajstić information content (AvgIpc) is 2.73. The normalized spacial score (nSPS) is 28.8. The highest BCUT2D eigenvalue weighted by Gasteiger charge is 2.49. The Morgan fingerprint density at radius 1 is 1.14 bits per heavy atom. The van der Waals surface area contributed by atoms with Crippen LogP contribution in [0.3, 0.4) is 0 Å². The predicted octanol–water partition coefficient (Wildman–Crippen LogP) is 3.66. The molecule has 29 heavy (non-hydrogen) atoms. The second-order valence-corrected chi connectivity index (χ2v) is 8.92. The maximum Gasteiger partial charge on any atom is 0.227 e. The molecule has 2 bridgehead atoms. The van der Waals surface area contributed by atoms with Crippen molar-refractivity contribution >= 4 is 11.8 Å². The van der Waals surface area contributed by atoms with Gasteiger partial charge in [-0.05, 0) is 62.1 Å². The number of carbonyl (C=O) groups is 2. The number of hydrogen-bond donors (Lipinski definition) is 0. The summed E-state index contributed by atoms with van der Waals surface area (Å²) in [6, 6.07) is 8.53. The third-order valence-electron chi connectivity index (χ3n) is 7.02. The van der Waals surface area contributed by atoms with Crippen LogP contribution in [0.2, 0.25) is 0 Å². The van der Waals surface area contributed by atoms with Gasteiger partial charge in [-0.15, -0.1) is 0 Å². The lowest BCUT2D eigenvalue weighted by atomic mass is 9.71. The van der Waals surface area contributed by atoms with Gasteiger partial charge in [0.2, 0.25) is 11.8 Å². The standard InChI is InChI=1S/C24H34N2O3/c1-3-6-21-18-14-19(22-7-5-8-23(27)26(21)22)16-25(15-18)24(28)13-17-9-11-20(12-10-17)29-4-2/h9-12,18-19,21-22H,3-8,13-16H2,1-2H3/t18-,19+,21-,22-/m0/s1. The van der Waals surface area contributed by atoms with Crippen LogP contribution in [0.5, 0.6) is 5.75 Å². The SMILES string of the molecule is CCC[C@H]1[C@H]2C[C@H](CN(C(=O)Cc3ccc(OCC)cc3)C2)[C@@H]2CCCC(=O)N21. The van der Waals surface area contributed by atoms with E-state index in [9.17, 15) is 9.59 Å². The van der Waals surface area contributed by atoms with Crippen LogP contribution in [0.4, 0.5) is 0 Å². The summed E-state index contributed by atoms with van der Waals surface area (Å²) >= 11 is 0. The van der Waals surface area contributed by atoms with E-state index in [0.29, 0.717) is 49.3 Å². The number of fused-ring (bicyclic) bond motifs is 4. The van der Waals surface area contributed by atoms with Gasteiger partial charge in [0.1, 0.15) is 5.75 Å². The van der Waals surface area contributed by atoms with Gasteiger partial charge in [-0.2, -0.15) is 0 Å². The van der Waals surface area contributed by atoms with E-state index in [1.807, 2.05) is 31.2 Å². The lowest BCUT2D eigenvalue weighted by Crippen LogP contribution is -2.65. The molecule has 158 valence electrons. The van der Waals surface area contributed by atoms with Crippen molar-refractivity contribution in [1.29, 1.82) is 0 Å². The van der Waals surface area contributed by atoms with Crippen LogP contribution < -0.4 is 4.74 Å². The molecule has 0 saturated carbocycles. The number of carbonyl (C=O) groups excluding carboxylic acids is 2. The minimum Gasteiger partial charge on any atom is -0.494 e. The lowest BCUT2D eigenvalue weighted by molar-refractivity contribution is -0.156. The Morgan fingerprint density at radius 2 is 1.90 bits per heavy atom. The second kappa shape index (κ2) is 8.76. The van der Waals surface area contributed by atoms with E-state index in [1.54, 1.807) is 0 Å². The van der Waals surface area contributed by atoms with Crippen molar-refractivity contribution in [3.05, 3.63) is 29.8 Å². The molecule has 1 aromatic rings. The van der Waals surface area contributed by atoms with E-state index in [4.69, 9.17) is 4.74 Å². The molecule has 3 aliphatic rings. The van der Waals surface area contributed by atoms with Gasteiger partial charge < -0.3 is 14.5 Å². The number of piperidine rings is 3. The molecule has 1 aromatic carbocycles. The van der Waals surface area contributed by atoms with E-state index in [0.717, 1.165) is 50.1 Å². The van der Waals surface area contributed by atoms with Crippen LogP contribution in [0.1, 0.15) is 57.9 Å². The summed E-state index contributed by atoms with van der Waals surface area (Å²) in [6.45, 7) is 6.42. The summed E-state index contributed by atoms with van der Waals surface area (Å²) in [5.74, 6) is 2.28. The Morgan fingerprint density at radius 3 is 2.62 bits per heavy atom. The first-order valence-electron chi connectivity index (χ1n) is 11.4. The van der Waals surface area contributed by atoms with Gasteiger partial charge in [0.25, 0.3) is 0 Å². The number of ether oxygens (including phenoxy) is 1. The Labute approximate surface area is 174 Å². The van der Waals surface area contributed by atoms with Crippen LogP contribution >= 0.6 is 0 Å². The topological polar surface area (TPSA) is 49.9 Å². The highest BCUT2D eigenvalue weighted by Crippen LogP contribution is 2.43. The molecule has 3 fully saturated rings. The second-order valence-electron chi connectivity index (χ2n) is 8.92. The van der Waals surface area contributed by atoms with Gasteiger partial charge in [-0.25, -0.2) is 0 Å². The fourth-order valence-corrected chi connectivity index (χ4v) is 5.80. The molecule has 4 rings (SSSR count). The minimum absolute atomic E-state index is 0.217. The highest BCUT2D eigenvalue weighted by molar-refractivity contribution is 5.80. The molecule has 5 heteroatoms. The van der Waals surface area contributed by atoms with Crippen LogP contribution in [0, 0.1) is 11.8 Å². The Balaban J connectivity index is 1.46. The molecule has 3 saturated heterocycles. The van der Waals surface area contributed by atoms with Gasteiger partial charge in [0.15, 0.2) is 0 Å². The molecule has 2 amide bonds. The van der Waals surface area contributed by atoms with Crippen molar-refractivity contribution < 1.29 is 14.3 Å². The van der Waals surface area contributed by atoms with Crippen molar-refractivity contribution in [3.63, 3.8) is 0 Å². The van der Waals surface area contributed by atoms with Crippen molar-refractivity contribution in [2.24, 2.45) is 11.8 Å². The summed E-state index contributed by atoms with van der Waals surface area (Å²) in [4.78, 5) is 30.2. The fraction of sp³-hybridized carbons (Fsp3) is 0.667. The Bertz CT molecular complexity index is 732. The number of likely N-dealkylation sites (tertiary alicyclic amines) is 1. The van der Waals surface area contributed by atoms with Gasteiger partial charge in [0.05, 0.1) is 13.0 Å². The molecule has 0 aromatic heterocycles. The van der Waals surface area contributed by atoms with Gasteiger partial charge in [0, 0.05) is 31.6 Å². The molecule has 0 aliphatic carbocycles. The van der Waals surface area contributed by atoms with Crippen molar-refractivity contribution in [2.75, 3.05) is 19.7 Å². The monoisotopic (exact) mass is 398 g/mol. The Kier molecular flexibility index (Phi) is 6.12. The molecule has 3 aliphatic heterocycles. The molecule has 0 N–H and O–H groups in total. The van der Waals surface area contributed by atoms with Crippen molar-refractivity contribution in [2.45, 2.75) is 70.9 Å². The molecule has 0 radical (unpaired) electrons. The third kappa shape index (κ3) is 4.15. The molecule has 0 unspecified atom stereocenters. The van der Waals surface area contributed by atoms with Crippen LogP contribution in [-0.4, -0.2) is 53.4 Å². The molecule has 5 nitrogen and oxygen atoms in total. The number of hydrogen-bond acceptors (Lipinski definition) is 3. The molecular formula is C24H34N2O3. The smallest absolute Gasteiger partial charge is 0.227 e. The first kappa shape index (κ1) is 20.2. The number of nitrogens with zero attached hydrogens (tertiary/aromatic N) is 2. The molecule has 0 spiro atoms. The maximum absolute atomic E-state index is 13.1. The minimum atomic E-state index is 0.217. The Hall–Kier alpha value is -2.04. The maximum atomic E-state index is 13.1. The first-order chi connectivity index (χ1) is 14.1. The van der Waals surface area contributed by atoms with Gasteiger partial charge in [-0.1, -0.05) is 25.5 Å². The van der Waals surface area contributed by atoms with Gasteiger partial charge >= 0.3 is 0 Å². The molecule has 4 atom stereocenters. The van der Waals surface area contributed by atoms with Gasteiger partial charge in [-0.3, -0.25) is 9.59 Å². The van der Waals surface area contributed by atoms with E-state index in [1.165, 1.54) is 6.42 Å². The summed E-state index contributed by atoms with van der Waals surface area (Å²) in [5, 5.41) is 0. The molecule has 3 heterocycles. The zero-order valence-electron chi connectivity index (χ0n) is 17.8. The summed E-state index contributed by atoms with van der Waals surface area (Å²) in [5.41, 5.74) is 1.04. The fourth-order valence-electron chi connectivity index (χ4n) is 5.80.